The lowest BCUT2D eigenvalue weighted by Gasteiger charge is -2.50. The molecule has 5 aliphatic rings. The Morgan fingerprint density at radius 3 is 1.71 bits per heavy atom. The van der Waals surface area contributed by atoms with Gasteiger partial charge in [-0.3, -0.25) is 14.4 Å². The van der Waals surface area contributed by atoms with Crippen LogP contribution in [0.25, 0.3) is 0 Å². The lowest BCUT2D eigenvalue weighted by Crippen LogP contribution is -2.68. The summed E-state index contributed by atoms with van der Waals surface area (Å²) in [6, 6.07) is 0. The number of unbranched alkanes of at least 4 members (excludes halogenated alkanes) is 2. The van der Waals surface area contributed by atoms with Gasteiger partial charge in [0.1, 0.15) is 61.0 Å². The van der Waals surface area contributed by atoms with Crippen molar-refractivity contribution in [1.29, 1.82) is 0 Å². The second-order valence-electron chi connectivity index (χ2n) is 20.7. The molecule has 0 aliphatic carbocycles. The van der Waals surface area contributed by atoms with Crippen molar-refractivity contribution >= 4 is 17.9 Å². The van der Waals surface area contributed by atoms with Crippen LogP contribution in [0.1, 0.15) is 139 Å². The number of ether oxygens (including phenoxy) is 11. The van der Waals surface area contributed by atoms with E-state index in [-0.39, 0.29) is 12.5 Å². The molecule has 424 valence electrons. The Hall–Kier alpha value is -2.27. The van der Waals surface area contributed by atoms with Gasteiger partial charge in [-0.05, 0) is 67.7 Å². The fraction of sp³-hybridized carbons (Fsp3) is 0.940. The lowest BCUT2D eigenvalue weighted by atomic mass is 9.95. The summed E-state index contributed by atoms with van der Waals surface area (Å²) in [5.41, 5.74) is 0. The second kappa shape index (κ2) is 28.9. The van der Waals surface area contributed by atoms with Crippen molar-refractivity contribution in [2.45, 2.75) is 280 Å². The van der Waals surface area contributed by atoms with Crippen molar-refractivity contribution in [1.82, 2.24) is 0 Å². The van der Waals surface area contributed by atoms with E-state index in [1.165, 1.54) is 41.5 Å². The van der Waals surface area contributed by atoms with Gasteiger partial charge in [-0.2, -0.15) is 0 Å². The highest BCUT2D eigenvalue weighted by Gasteiger charge is 2.58. The van der Waals surface area contributed by atoms with E-state index < -0.39 is 171 Å². The number of aliphatic hydroxyl groups excluding tert-OH is 9. The zero-order chi connectivity index (χ0) is 53.8. The maximum absolute atomic E-state index is 14.0. The van der Waals surface area contributed by atoms with E-state index in [0.717, 1.165) is 51.4 Å². The molecule has 0 spiro atoms. The summed E-state index contributed by atoms with van der Waals surface area (Å²) in [5.74, 6) is -4.85. The molecule has 0 aromatic carbocycles. The van der Waals surface area contributed by atoms with Crippen LogP contribution in [0.15, 0.2) is 0 Å². The third-order valence-electron chi connectivity index (χ3n) is 14.8. The smallest absolute Gasteiger partial charge is 0.311 e. The van der Waals surface area contributed by atoms with E-state index in [1.807, 2.05) is 0 Å². The molecular weight excluding hydrogens is 969 g/mol. The molecule has 25 atom stereocenters. The minimum atomic E-state index is -1.98. The Morgan fingerprint density at radius 2 is 1.11 bits per heavy atom. The standard InChI is InChI=1S/C50H86O23/c1-9-10-16-19-30-20-17-14-12-11-13-15-18-21-32(54)68-43-40(71-47-38(60)37(59)39(28(7)64-47)69-45(61)23(2)25(4)52)29(8)65-50(44(43)70-46(62)24(3)26(5)53)73-42-36(58)34(56)31(22-51)67-49(42)72-41-35(57)33(55)27(6)63-48(41)66-30/h23-31,33-44,47-53,55-60H,9-22H2,1-8H3. The largest absolute Gasteiger partial charge is 0.456 e. The van der Waals surface area contributed by atoms with Gasteiger partial charge >= 0.3 is 17.9 Å². The molecule has 23 heteroatoms. The van der Waals surface area contributed by atoms with E-state index in [9.17, 15) is 60.3 Å². The molecule has 5 saturated heterocycles. The third kappa shape index (κ3) is 16.2. The van der Waals surface area contributed by atoms with Crippen molar-refractivity contribution in [3.05, 3.63) is 0 Å². The summed E-state index contributed by atoms with van der Waals surface area (Å²) in [4.78, 5) is 40.7. The van der Waals surface area contributed by atoms with Crippen LogP contribution in [0.5, 0.6) is 0 Å². The Bertz CT molecular complexity index is 1670. The second-order valence-corrected chi connectivity index (χ2v) is 20.7. The van der Waals surface area contributed by atoms with Crippen LogP contribution in [0.2, 0.25) is 0 Å². The predicted molar refractivity (Wildman–Crippen MR) is 251 cm³/mol. The van der Waals surface area contributed by atoms with Crippen LogP contribution in [0, 0.1) is 11.8 Å². The van der Waals surface area contributed by atoms with Gasteiger partial charge in [0.25, 0.3) is 0 Å². The molecule has 0 aromatic heterocycles. The van der Waals surface area contributed by atoms with Crippen LogP contribution < -0.4 is 0 Å². The first kappa shape index (κ1) is 61.6. The molecule has 0 aromatic rings. The molecule has 0 radical (unpaired) electrons. The average molecular weight is 1060 g/mol. The number of fused-ring (bicyclic) bond motifs is 4. The van der Waals surface area contributed by atoms with E-state index >= 15 is 0 Å². The van der Waals surface area contributed by atoms with Gasteiger partial charge in [-0.25, -0.2) is 0 Å². The number of carbonyl (C=O) groups excluding carboxylic acids is 3. The van der Waals surface area contributed by atoms with E-state index in [4.69, 9.17) is 52.1 Å². The van der Waals surface area contributed by atoms with Gasteiger partial charge in [-0.15, -0.1) is 0 Å². The quantitative estimate of drug-likeness (QED) is 0.0690. The molecule has 0 saturated carbocycles. The molecule has 0 amide bonds. The summed E-state index contributed by atoms with van der Waals surface area (Å²) in [5, 5.41) is 99.4. The fourth-order valence-corrected chi connectivity index (χ4v) is 9.55. The van der Waals surface area contributed by atoms with Gasteiger partial charge in [0.2, 0.25) is 0 Å². The van der Waals surface area contributed by atoms with E-state index in [2.05, 4.69) is 6.92 Å². The highest BCUT2D eigenvalue weighted by molar-refractivity contribution is 5.73. The van der Waals surface area contributed by atoms with Crippen molar-refractivity contribution in [3.8, 4) is 0 Å². The Kier molecular flexibility index (Phi) is 24.4. The van der Waals surface area contributed by atoms with Gasteiger partial charge in [0.05, 0.1) is 55.1 Å². The summed E-state index contributed by atoms with van der Waals surface area (Å²) in [6.07, 6.45) is -25.5. The van der Waals surface area contributed by atoms with Gasteiger partial charge in [-0.1, -0.05) is 64.7 Å². The highest BCUT2D eigenvalue weighted by atomic mass is 16.8. The Balaban J connectivity index is 1.55. The molecule has 25 unspecified atom stereocenters. The van der Waals surface area contributed by atoms with E-state index in [1.54, 1.807) is 6.92 Å². The summed E-state index contributed by atoms with van der Waals surface area (Å²) >= 11 is 0. The topological polar surface area (TPSA) is 335 Å². The molecule has 5 heterocycles. The molecule has 5 rings (SSSR count). The number of hydrogen-bond acceptors (Lipinski definition) is 23. The SMILES string of the molecule is CCCCCC1CCCCCCCCCC(=O)OC2C(OC3OC(C)C(OC(=O)C(C)C(C)O)C(O)C3O)C(C)OC(OC3C(OC(CO)C(O)C3O)OC3C(O1)OC(C)C(O)C3O)C2OC(=O)C(C)C(C)O. The molecule has 9 N–H and O–H groups in total. The minimum absolute atomic E-state index is 0.0982. The van der Waals surface area contributed by atoms with Gasteiger partial charge in [0.15, 0.2) is 43.5 Å². The van der Waals surface area contributed by atoms with Crippen LogP contribution in [-0.2, 0) is 66.5 Å². The number of hydrogen-bond donors (Lipinski definition) is 9. The number of rotatable bonds is 13. The zero-order valence-electron chi connectivity index (χ0n) is 43.6. The predicted octanol–water partition coefficient (Wildman–Crippen LogP) is 0.518. The van der Waals surface area contributed by atoms with Crippen LogP contribution in [0.3, 0.4) is 0 Å². The molecule has 73 heavy (non-hydrogen) atoms. The van der Waals surface area contributed by atoms with Crippen LogP contribution in [-0.4, -0.2) is 212 Å². The number of esters is 3. The number of aliphatic hydroxyl groups is 9. The fourth-order valence-electron chi connectivity index (χ4n) is 9.55. The first-order valence-electron chi connectivity index (χ1n) is 26.5. The van der Waals surface area contributed by atoms with Crippen LogP contribution in [0.4, 0.5) is 0 Å². The maximum Gasteiger partial charge on any atom is 0.311 e. The summed E-state index contributed by atoms with van der Waals surface area (Å²) in [6.45, 7) is 11.2. The first-order chi connectivity index (χ1) is 34.6. The molecule has 5 aliphatic heterocycles. The van der Waals surface area contributed by atoms with Crippen molar-refractivity contribution in [2.24, 2.45) is 11.8 Å². The van der Waals surface area contributed by atoms with E-state index in [0.29, 0.717) is 25.7 Å². The van der Waals surface area contributed by atoms with Crippen molar-refractivity contribution in [2.75, 3.05) is 6.61 Å². The number of carbonyl (C=O) groups is 3. The highest BCUT2D eigenvalue weighted by Crippen LogP contribution is 2.38. The normalized spacial score (nSPS) is 42.5. The molecule has 23 nitrogen and oxygen atoms in total. The zero-order valence-corrected chi connectivity index (χ0v) is 43.6. The molecule has 5 fully saturated rings. The summed E-state index contributed by atoms with van der Waals surface area (Å²) < 4.78 is 67.9. The Labute approximate surface area is 427 Å². The molecule has 2 bridgehead atoms. The molecular formula is C50H86O23. The van der Waals surface area contributed by atoms with Crippen molar-refractivity contribution < 1.29 is 112 Å². The third-order valence-corrected chi connectivity index (χ3v) is 14.8. The Morgan fingerprint density at radius 1 is 0.575 bits per heavy atom. The minimum Gasteiger partial charge on any atom is -0.456 e. The average Bonchev–Trinajstić information content (AvgIpc) is 3.34. The first-order valence-corrected chi connectivity index (χ1v) is 26.5. The van der Waals surface area contributed by atoms with Gasteiger partial charge in [0, 0.05) is 6.42 Å². The maximum atomic E-state index is 14.0. The van der Waals surface area contributed by atoms with Crippen LogP contribution >= 0.6 is 0 Å². The lowest BCUT2D eigenvalue weighted by molar-refractivity contribution is -0.399. The van der Waals surface area contributed by atoms with Gasteiger partial charge < -0.3 is 98.1 Å². The summed E-state index contributed by atoms with van der Waals surface area (Å²) in [7, 11) is 0. The monoisotopic (exact) mass is 1050 g/mol. The van der Waals surface area contributed by atoms with Crippen molar-refractivity contribution in [3.63, 3.8) is 0 Å².